The van der Waals surface area contributed by atoms with E-state index >= 15 is 0 Å². The minimum absolute atomic E-state index is 0.0540. The van der Waals surface area contributed by atoms with Crippen molar-refractivity contribution < 1.29 is 18.7 Å². The van der Waals surface area contributed by atoms with E-state index in [-0.39, 0.29) is 10.7 Å². The molecule has 0 radical (unpaired) electrons. The number of hydrogen-bond donors (Lipinski definition) is 1. The number of carbonyl (C=O) groups excluding carboxylic acids is 2. The molecule has 0 atom stereocenters. The van der Waals surface area contributed by atoms with E-state index in [1.54, 1.807) is 18.2 Å². The number of benzene rings is 2. The summed E-state index contributed by atoms with van der Waals surface area (Å²) in [6, 6.07) is 10.5. The smallest absolute Gasteiger partial charge is 0.270 e. The highest BCUT2D eigenvalue weighted by atomic mass is 79.9. The fraction of sp³-hybridized carbons (Fsp3) is 0.105. The molecule has 0 aromatic heterocycles. The Kier molecular flexibility index (Phi) is 5.67. The number of carbonyl (C=O) groups is 2. The van der Waals surface area contributed by atoms with Crippen molar-refractivity contribution in [1.82, 2.24) is 5.32 Å². The average molecular weight is 449 g/mol. The number of nitrogens with zero attached hydrogens (tertiary/aromatic N) is 1. The highest BCUT2D eigenvalue weighted by Gasteiger charge is 2.34. The summed E-state index contributed by atoms with van der Waals surface area (Å²) in [6.07, 6.45) is 1.47. The van der Waals surface area contributed by atoms with E-state index in [0.717, 1.165) is 4.90 Å². The molecule has 1 aliphatic heterocycles. The molecule has 0 aliphatic carbocycles. The van der Waals surface area contributed by atoms with Gasteiger partial charge in [-0.15, -0.1) is 0 Å². The van der Waals surface area contributed by atoms with Crippen molar-refractivity contribution in [1.29, 1.82) is 0 Å². The van der Waals surface area contributed by atoms with Gasteiger partial charge >= 0.3 is 0 Å². The summed E-state index contributed by atoms with van der Waals surface area (Å²) in [5, 5.41) is 2.43. The summed E-state index contributed by atoms with van der Waals surface area (Å²) in [6.45, 7) is 2.39. The standard InChI is InChI=1S/C19H14BrFN2O3S/c1-2-26-16-8-3-11(10-15(16)20)9-14-17(24)22-19(27)23(18(14)25)13-6-4-12(21)5-7-13/h3-10H,2H2,1H3,(H,22,24,27). The van der Waals surface area contributed by atoms with E-state index < -0.39 is 17.6 Å². The summed E-state index contributed by atoms with van der Waals surface area (Å²) in [5.74, 6) is -0.949. The van der Waals surface area contributed by atoms with Crippen LogP contribution in [0.3, 0.4) is 0 Å². The zero-order valence-electron chi connectivity index (χ0n) is 14.2. The molecule has 0 unspecified atom stereocenters. The van der Waals surface area contributed by atoms with Crippen LogP contribution in [0, 0.1) is 5.82 Å². The molecule has 0 bridgehead atoms. The van der Waals surface area contributed by atoms with Crippen LogP contribution in [0.15, 0.2) is 52.5 Å². The van der Waals surface area contributed by atoms with Crippen LogP contribution in [-0.4, -0.2) is 23.5 Å². The van der Waals surface area contributed by atoms with E-state index in [4.69, 9.17) is 17.0 Å². The Morgan fingerprint density at radius 3 is 2.56 bits per heavy atom. The first-order valence-electron chi connectivity index (χ1n) is 8.00. The van der Waals surface area contributed by atoms with Gasteiger partial charge in [-0.2, -0.15) is 0 Å². The number of anilines is 1. The van der Waals surface area contributed by atoms with E-state index in [0.29, 0.717) is 28.1 Å². The van der Waals surface area contributed by atoms with E-state index in [9.17, 15) is 14.0 Å². The van der Waals surface area contributed by atoms with Crippen molar-refractivity contribution in [3.63, 3.8) is 0 Å². The van der Waals surface area contributed by atoms with Crippen LogP contribution in [-0.2, 0) is 9.59 Å². The van der Waals surface area contributed by atoms with Gasteiger partial charge in [-0.1, -0.05) is 6.07 Å². The van der Waals surface area contributed by atoms with Gasteiger partial charge in [-0.3, -0.25) is 19.8 Å². The Hall–Kier alpha value is -2.58. The number of amides is 2. The average Bonchev–Trinajstić information content (AvgIpc) is 2.62. The molecule has 0 saturated carbocycles. The maximum absolute atomic E-state index is 13.2. The van der Waals surface area contributed by atoms with Gasteiger partial charge in [0, 0.05) is 0 Å². The van der Waals surface area contributed by atoms with Gasteiger partial charge in [0.2, 0.25) is 0 Å². The zero-order chi connectivity index (χ0) is 19.6. The van der Waals surface area contributed by atoms with Crippen LogP contribution in [0.5, 0.6) is 5.75 Å². The van der Waals surface area contributed by atoms with Gasteiger partial charge in [0.15, 0.2) is 5.11 Å². The zero-order valence-corrected chi connectivity index (χ0v) is 16.6. The Labute approximate surface area is 168 Å². The van der Waals surface area contributed by atoms with Crippen LogP contribution >= 0.6 is 28.1 Å². The van der Waals surface area contributed by atoms with E-state index in [1.165, 1.54) is 30.3 Å². The lowest BCUT2D eigenvalue weighted by molar-refractivity contribution is -0.122. The molecule has 1 aliphatic rings. The van der Waals surface area contributed by atoms with Crippen molar-refractivity contribution in [3.05, 3.63) is 63.9 Å². The Morgan fingerprint density at radius 1 is 1.22 bits per heavy atom. The van der Waals surface area contributed by atoms with E-state index in [2.05, 4.69) is 21.2 Å². The minimum atomic E-state index is -0.589. The van der Waals surface area contributed by atoms with Gasteiger partial charge in [-0.25, -0.2) is 4.39 Å². The van der Waals surface area contributed by atoms with Crippen LogP contribution in [0.4, 0.5) is 10.1 Å². The first kappa shape index (κ1) is 19.2. The van der Waals surface area contributed by atoms with E-state index in [1.807, 2.05) is 6.92 Å². The molecule has 1 saturated heterocycles. The third kappa shape index (κ3) is 4.06. The van der Waals surface area contributed by atoms with Crippen LogP contribution in [0.1, 0.15) is 12.5 Å². The normalized spacial score (nSPS) is 15.9. The van der Waals surface area contributed by atoms with Crippen molar-refractivity contribution in [2.24, 2.45) is 0 Å². The Morgan fingerprint density at radius 2 is 1.93 bits per heavy atom. The van der Waals surface area contributed by atoms with Crippen molar-refractivity contribution in [2.75, 3.05) is 11.5 Å². The van der Waals surface area contributed by atoms with Crippen LogP contribution in [0.25, 0.3) is 6.08 Å². The number of ether oxygens (including phenoxy) is 1. The summed E-state index contributed by atoms with van der Waals surface area (Å²) in [4.78, 5) is 26.3. The van der Waals surface area contributed by atoms with Gasteiger partial charge < -0.3 is 4.74 Å². The van der Waals surface area contributed by atoms with Crippen molar-refractivity contribution >= 4 is 56.8 Å². The molecular weight excluding hydrogens is 435 g/mol. The Bertz CT molecular complexity index is 960. The second-order valence-electron chi connectivity index (χ2n) is 5.56. The summed E-state index contributed by atoms with van der Waals surface area (Å²) >= 11 is 8.51. The largest absolute Gasteiger partial charge is 0.493 e. The van der Waals surface area contributed by atoms with Gasteiger partial charge in [0.05, 0.1) is 16.8 Å². The molecule has 27 heavy (non-hydrogen) atoms. The third-order valence-corrected chi connectivity index (χ3v) is 4.66. The second kappa shape index (κ2) is 7.98. The van der Waals surface area contributed by atoms with Crippen LogP contribution in [0.2, 0.25) is 0 Å². The topological polar surface area (TPSA) is 58.6 Å². The number of nitrogens with one attached hydrogen (secondary N) is 1. The summed E-state index contributed by atoms with van der Waals surface area (Å²) < 4.78 is 19.3. The highest BCUT2D eigenvalue weighted by Crippen LogP contribution is 2.28. The fourth-order valence-electron chi connectivity index (χ4n) is 2.53. The third-order valence-electron chi connectivity index (χ3n) is 3.75. The quantitative estimate of drug-likeness (QED) is 0.438. The molecule has 138 valence electrons. The molecule has 8 heteroatoms. The highest BCUT2D eigenvalue weighted by molar-refractivity contribution is 9.10. The lowest BCUT2D eigenvalue weighted by Gasteiger charge is -2.28. The predicted molar refractivity (Wildman–Crippen MR) is 108 cm³/mol. The predicted octanol–water partition coefficient (Wildman–Crippen LogP) is 3.82. The fourth-order valence-corrected chi connectivity index (χ4v) is 3.32. The molecule has 1 heterocycles. The molecule has 1 fully saturated rings. The summed E-state index contributed by atoms with van der Waals surface area (Å²) in [7, 11) is 0. The van der Waals surface area contributed by atoms with Crippen molar-refractivity contribution in [3.8, 4) is 5.75 Å². The number of rotatable bonds is 4. The maximum atomic E-state index is 13.2. The first-order chi connectivity index (χ1) is 12.9. The SMILES string of the molecule is CCOc1ccc(C=C2C(=O)NC(=S)N(c3ccc(F)cc3)C2=O)cc1Br. The molecule has 2 amide bonds. The summed E-state index contributed by atoms with van der Waals surface area (Å²) in [5.41, 5.74) is 0.921. The van der Waals surface area contributed by atoms with Gasteiger partial charge in [-0.05, 0) is 83.1 Å². The number of halogens is 2. The second-order valence-corrected chi connectivity index (χ2v) is 6.80. The molecule has 0 spiro atoms. The lowest BCUT2D eigenvalue weighted by Crippen LogP contribution is -2.54. The monoisotopic (exact) mass is 448 g/mol. The number of hydrogen-bond acceptors (Lipinski definition) is 4. The Balaban J connectivity index is 1.96. The molecule has 5 nitrogen and oxygen atoms in total. The van der Waals surface area contributed by atoms with Gasteiger partial charge in [0.1, 0.15) is 17.1 Å². The lowest BCUT2D eigenvalue weighted by atomic mass is 10.1. The first-order valence-corrected chi connectivity index (χ1v) is 9.20. The van der Waals surface area contributed by atoms with Crippen molar-refractivity contribution in [2.45, 2.75) is 6.92 Å². The molecule has 2 aromatic rings. The van der Waals surface area contributed by atoms with Crippen LogP contribution < -0.4 is 15.0 Å². The minimum Gasteiger partial charge on any atom is -0.493 e. The molecule has 1 N–H and O–H groups in total. The maximum Gasteiger partial charge on any atom is 0.270 e. The van der Waals surface area contributed by atoms with Gasteiger partial charge in [0.25, 0.3) is 11.8 Å². The number of thiocarbonyl (C=S) groups is 1. The molecular formula is C19H14BrFN2O3S. The molecule has 2 aromatic carbocycles. The molecule has 3 rings (SSSR count).